The minimum Gasteiger partial charge on any atom is -0.356 e. The molecule has 0 atom stereocenters. The summed E-state index contributed by atoms with van der Waals surface area (Å²) in [6, 6.07) is 4.23. The van der Waals surface area contributed by atoms with Gasteiger partial charge in [-0.15, -0.1) is 0 Å². The highest BCUT2D eigenvalue weighted by atomic mass is 15.1. The van der Waals surface area contributed by atoms with Crippen LogP contribution in [-0.2, 0) is 6.37 Å². The Morgan fingerprint density at radius 3 is 3.00 bits per heavy atom. The molecule has 4 nitrogen and oxygen atoms in total. The Bertz CT molecular complexity index is 501. The highest BCUT2D eigenvalue weighted by Gasteiger charge is 1.95. The fourth-order valence-corrected chi connectivity index (χ4v) is 0.917. The van der Waals surface area contributed by atoms with Gasteiger partial charge >= 0.3 is 0 Å². The molecule has 0 unspecified atom stereocenters. The summed E-state index contributed by atoms with van der Waals surface area (Å²) in [5.74, 6) is -0.0854. The van der Waals surface area contributed by atoms with Crippen molar-refractivity contribution in [3.8, 4) is 0 Å². The third-order valence-corrected chi connectivity index (χ3v) is 1.51. The van der Waals surface area contributed by atoms with Gasteiger partial charge in [0.1, 0.15) is 0 Å². The van der Waals surface area contributed by atoms with Crippen LogP contribution in [-0.4, -0.2) is 18.3 Å². The van der Waals surface area contributed by atoms with Crippen molar-refractivity contribution in [3.05, 3.63) is 35.8 Å². The fraction of sp³-hybridized carbons (Fsp3) is 0.273. The van der Waals surface area contributed by atoms with E-state index in [0.29, 0.717) is 0 Å². The second-order valence-electron chi connectivity index (χ2n) is 2.86. The number of guanidine groups is 1. The topological polar surface area (TPSA) is 71.8 Å². The molecule has 0 aromatic heterocycles. The summed E-state index contributed by atoms with van der Waals surface area (Å²) in [6.07, 6.45) is -1.84. The zero-order chi connectivity index (χ0) is 14.6. The maximum atomic E-state index is 7.90. The van der Waals surface area contributed by atoms with Gasteiger partial charge in [0.05, 0.1) is 8.58 Å². The number of hydrogen-bond acceptors (Lipinski definition) is 2. The molecule has 4 heteroatoms. The zero-order valence-electron chi connectivity index (χ0n) is 12.4. The second-order valence-corrected chi connectivity index (χ2v) is 2.86. The molecule has 0 bridgehead atoms. The molecule has 0 amide bonds. The van der Waals surface area contributed by atoms with Gasteiger partial charge in [0.25, 0.3) is 0 Å². The zero-order valence-corrected chi connectivity index (χ0v) is 8.44. The third kappa shape index (κ3) is 4.81. The van der Waals surface area contributed by atoms with E-state index in [4.69, 9.17) is 16.3 Å². The highest BCUT2D eigenvalue weighted by Crippen LogP contribution is 1.97. The molecule has 0 saturated heterocycles. The van der Waals surface area contributed by atoms with Crippen molar-refractivity contribution in [2.45, 2.75) is 13.3 Å². The minimum absolute atomic E-state index is 0.0398. The summed E-state index contributed by atoms with van der Waals surface area (Å²) in [5.41, 5.74) is 0.162. The molecule has 0 fully saturated rings. The Morgan fingerprint density at radius 2 is 2.33 bits per heavy atom. The Balaban J connectivity index is 2.75. The van der Waals surface area contributed by atoms with Gasteiger partial charge in [-0.05, 0) is 18.9 Å². The lowest BCUT2D eigenvalue weighted by Crippen LogP contribution is -2.39. The molecule has 0 aliphatic rings. The van der Waals surface area contributed by atoms with Crippen LogP contribution < -0.4 is 10.6 Å². The molecular weight excluding hydrogens is 188 g/mol. The lowest BCUT2D eigenvalue weighted by atomic mass is 10.1. The fourth-order valence-electron chi connectivity index (χ4n) is 0.917. The number of rotatable bonds is 3. The van der Waals surface area contributed by atoms with E-state index < -0.39 is 6.37 Å². The van der Waals surface area contributed by atoms with E-state index in [0.717, 1.165) is 0 Å². The van der Waals surface area contributed by atoms with Gasteiger partial charge in [0.2, 0.25) is 0 Å². The summed E-state index contributed by atoms with van der Waals surface area (Å²) in [6.45, 7) is 1.27. The number of hydrogen-bond donors (Lipinski definition) is 4. The summed E-state index contributed by atoms with van der Waals surface area (Å²) in [7, 11) is 0. The molecule has 0 aliphatic heterocycles. The predicted molar refractivity (Wildman–Crippen MR) is 62.4 cm³/mol. The number of amidine groups is 1. The van der Waals surface area contributed by atoms with Crippen LogP contribution in [0.25, 0.3) is 0 Å². The maximum Gasteiger partial charge on any atom is 0.193 e. The van der Waals surface area contributed by atoms with Crippen LogP contribution >= 0.6 is 0 Å². The molecule has 0 heterocycles. The van der Waals surface area contributed by atoms with E-state index in [1.807, 2.05) is 0 Å². The van der Waals surface area contributed by atoms with Gasteiger partial charge in [-0.25, -0.2) is 0 Å². The molecule has 0 aliphatic carbocycles. The van der Waals surface area contributed by atoms with E-state index in [2.05, 4.69) is 10.6 Å². The van der Waals surface area contributed by atoms with Crippen LogP contribution in [0.3, 0.4) is 0 Å². The van der Waals surface area contributed by atoms with E-state index >= 15 is 0 Å². The Kier molecular flexibility index (Phi) is 2.55. The van der Waals surface area contributed by atoms with Crippen molar-refractivity contribution in [1.82, 2.24) is 10.6 Å². The van der Waals surface area contributed by atoms with Crippen LogP contribution in [0, 0.1) is 10.8 Å². The van der Waals surface area contributed by atoms with Crippen LogP contribution in [0.1, 0.15) is 18.0 Å². The molecule has 1 aromatic carbocycles. The first-order valence-corrected chi connectivity index (χ1v) is 4.45. The van der Waals surface area contributed by atoms with E-state index in [9.17, 15) is 0 Å². The van der Waals surface area contributed by atoms with Crippen LogP contribution in [0.5, 0.6) is 0 Å². The standard InChI is InChI=1S/C11H16N4/c1-9(12)15-11(13)14-8-7-10-5-3-2-4-6-10/h2-6H,7-8H2,1H3,(H4,12,13,14,15)/i2D,5D,7D2. The normalized spacial score (nSPS) is 14.2. The Hall–Kier alpha value is -1.84. The Labute approximate surface area is 95.3 Å². The van der Waals surface area contributed by atoms with E-state index in [1.165, 1.54) is 25.1 Å². The lowest BCUT2D eigenvalue weighted by Gasteiger charge is -2.08. The van der Waals surface area contributed by atoms with Crippen molar-refractivity contribution in [2.24, 2.45) is 0 Å². The van der Waals surface area contributed by atoms with Crippen LogP contribution in [0.2, 0.25) is 0 Å². The summed E-state index contributed by atoms with van der Waals surface area (Å²) < 4.78 is 30.8. The van der Waals surface area contributed by atoms with Crippen molar-refractivity contribution in [3.63, 3.8) is 0 Å². The van der Waals surface area contributed by atoms with Crippen molar-refractivity contribution >= 4 is 11.8 Å². The molecule has 0 radical (unpaired) electrons. The highest BCUT2D eigenvalue weighted by molar-refractivity contribution is 5.95. The largest absolute Gasteiger partial charge is 0.356 e. The van der Waals surface area contributed by atoms with Crippen LogP contribution in [0.4, 0.5) is 0 Å². The van der Waals surface area contributed by atoms with Gasteiger partial charge in [-0.1, -0.05) is 30.3 Å². The lowest BCUT2D eigenvalue weighted by molar-refractivity contribution is 0.842. The predicted octanol–water partition coefficient (Wildman–Crippen LogP) is 1.34. The monoisotopic (exact) mass is 208 g/mol. The molecule has 80 valence electrons. The maximum absolute atomic E-state index is 7.90. The summed E-state index contributed by atoms with van der Waals surface area (Å²) in [5, 5.41) is 19.5. The molecule has 0 spiro atoms. The van der Waals surface area contributed by atoms with Gasteiger partial charge < -0.3 is 10.6 Å². The number of nitrogens with one attached hydrogen (secondary N) is 4. The summed E-state index contributed by atoms with van der Waals surface area (Å²) >= 11 is 0. The molecule has 15 heavy (non-hydrogen) atoms. The molecule has 1 rings (SSSR count). The second kappa shape index (κ2) is 5.80. The van der Waals surface area contributed by atoms with Gasteiger partial charge in [0, 0.05) is 9.29 Å². The van der Waals surface area contributed by atoms with Crippen LogP contribution in [0.15, 0.2) is 30.3 Å². The third-order valence-electron chi connectivity index (χ3n) is 1.51. The first kappa shape index (κ1) is 6.61. The SMILES string of the molecule is [2H]c1ccc(C([2H])([2H])CNC(=N)NC(C)=N)c([2H])c1. The number of benzene rings is 1. The van der Waals surface area contributed by atoms with Gasteiger partial charge in [-0.3, -0.25) is 10.8 Å². The van der Waals surface area contributed by atoms with Gasteiger partial charge in [-0.2, -0.15) is 0 Å². The average molecular weight is 208 g/mol. The Morgan fingerprint density at radius 1 is 1.53 bits per heavy atom. The van der Waals surface area contributed by atoms with Crippen molar-refractivity contribution in [2.75, 3.05) is 6.54 Å². The molecule has 4 N–H and O–H groups in total. The minimum atomic E-state index is -1.84. The molecule has 1 aromatic rings. The van der Waals surface area contributed by atoms with Crippen molar-refractivity contribution < 1.29 is 5.48 Å². The van der Waals surface area contributed by atoms with Crippen molar-refractivity contribution in [1.29, 1.82) is 10.8 Å². The molecular formula is C11H16N4. The quantitative estimate of drug-likeness (QED) is 0.447. The first-order valence-electron chi connectivity index (χ1n) is 6.45. The molecule has 0 saturated carbocycles. The smallest absolute Gasteiger partial charge is 0.193 e. The van der Waals surface area contributed by atoms with Gasteiger partial charge in [0.15, 0.2) is 5.96 Å². The summed E-state index contributed by atoms with van der Waals surface area (Å²) in [4.78, 5) is 0. The van der Waals surface area contributed by atoms with E-state index in [-0.39, 0.29) is 36.0 Å². The first-order chi connectivity index (χ1) is 8.72. The average Bonchev–Trinajstić information content (AvgIpc) is 2.25. The van der Waals surface area contributed by atoms with E-state index in [1.54, 1.807) is 0 Å².